The van der Waals surface area contributed by atoms with Crippen molar-refractivity contribution < 1.29 is 14.2 Å². The quantitative estimate of drug-likeness (QED) is 0.343. The minimum atomic E-state index is -0.162. The first-order chi connectivity index (χ1) is 17.5. The molecular formula is C25H22N8O3. The van der Waals surface area contributed by atoms with Crippen molar-refractivity contribution in [2.75, 3.05) is 17.6 Å². The molecule has 0 saturated carbocycles. The average molecular weight is 483 g/mol. The van der Waals surface area contributed by atoms with Crippen LogP contribution in [0.2, 0.25) is 0 Å². The number of amides is 1. The predicted octanol–water partition coefficient (Wildman–Crippen LogP) is 3.45. The summed E-state index contributed by atoms with van der Waals surface area (Å²) in [4.78, 5) is 20.6. The Balaban J connectivity index is 1.47. The van der Waals surface area contributed by atoms with Crippen LogP contribution < -0.4 is 21.1 Å². The topological polar surface area (TPSA) is 146 Å². The molecule has 11 nitrogen and oxygen atoms in total. The maximum Gasteiger partial charge on any atom is 0.221 e. The van der Waals surface area contributed by atoms with Gasteiger partial charge < -0.3 is 21.1 Å². The summed E-state index contributed by atoms with van der Waals surface area (Å²) in [7, 11) is 0. The molecule has 0 saturated heterocycles. The van der Waals surface area contributed by atoms with Crippen LogP contribution in [0, 0.1) is 0 Å². The van der Waals surface area contributed by atoms with E-state index in [0.717, 1.165) is 30.7 Å². The lowest BCUT2D eigenvalue weighted by molar-refractivity contribution is -0.114. The molecule has 0 atom stereocenters. The minimum Gasteiger partial charge on any atom is -0.439 e. The van der Waals surface area contributed by atoms with Gasteiger partial charge in [-0.15, -0.1) is 0 Å². The maximum atomic E-state index is 11.4. The number of fused-ring (bicyclic) bond motifs is 2. The number of anilines is 2. The molecule has 36 heavy (non-hydrogen) atoms. The van der Waals surface area contributed by atoms with E-state index < -0.39 is 0 Å². The van der Waals surface area contributed by atoms with Crippen molar-refractivity contribution >= 4 is 28.4 Å². The number of rotatable bonds is 5. The van der Waals surface area contributed by atoms with E-state index in [1.54, 1.807) is 36.5 Å². The van der Waals surface area contributed by atoms with Crippen LogP contribution in [0.25, 0.3) is 28.2 Å². The number of nitrogens with two attached hydrogens (primary N) is 1. The number of nitrogens with zero attached hydrogens (tertiary/aromatic N) is 5. The summed E-state index contributed by atoms with van der Waals surface area (Å²) in [5, 5.41) is 13.9. The van der Waals surface area contributed by atoms with Crippen LogP contribution in [0.3, 0.4) is 0 Å². The molecular weight excluding hydrogens is 460 g/mol. The number of aromatic nitrogens is 5. The average Bonchev–Trinajstić information content (AvgIpc) is 3.46. The third-order valence-corrected chi connectivity index (χ3v) is 5.95. The molecule has 0 unspecified atom stereocenters. The number of benzene rings is 2. The molecule has 0 radical (unpaired) electrons. The van der Waals surface area contributed by atoms with E-state index in [0.29, 0.717) is 34.4 Å². The second-order valence-electron chi connectivity index (χ2n) is 8.47. The van der Waals surface area contributed by atoms with E-state index in [9.17, 15) is 4.79 Å². The van der Waals surface area contributed by atoms with Crippen LogP contribution in [0.4, 0.5) is 11.5 Å². The molecule has 0 spiro atoms. The third-order valence-electron chi connectivity index (χ3n) is 5.95. The number of carbonyl (C=O) groups is 1. The van der Waals surface area contributed by atoms with Crippen molar-refractivity contribution in [3.63, 3.8) is 0 Å². The highest BCUT2D eigenvalue weighted by molar-refractivity contribution is 5.89. The van der Waals surface area contributed by atoms with E-state index in [1.165, 1.54) is 18.1 Å². The summed E-state index contributed by atoms with van der Waals surface area (Å²) in [5.74, 6) is 1.36. The predicted molar refractivity (Wildman–Crippen MR) is 133 cm³/mol. The maximum absolute atomic E-state index is 11.4. The zero-order chi connectivity index (χ0) is 24.6. The van der Waals surface area contributed by atoms with Gasteiger partial charge in [0.1, 0.15) is 11.3 Å². The molecule has 0 bridgehead atoms. The van der Waals surface area contributed by atoms with Crippen LogP contribution in [-0.2, 0) is 17.8 Å². The smallest absolute Gasteiger partial charge is 0.221 e. The first kappa shape index (κ1) is 21.7. The summed E-state index contributed by atoms with van der Waals surface area (Å²) >= 11 is 0. The van der Waals surface area contributed by atoms with Gasteiger partial charge in [0.15, 0.2) is 17.3 Å². The van der Waals surface area contributed by atoms with Gasteiger partial charge in [0, 0.05) is 37.0 Å². The molecule has 3 aromatic heterocycles. The zero-order valence-electron chi connectivity index (χ0n) is 19.4. The van der Waals surface area contributed by atoms with Crippen LogP contribution in [0.5, 0.6) is 11.6 Å². The molecule has 0 aliphatic carbocycles. The minimum absolute atomic E-state index is 0.144. The number of hydrogen-bond donors (Lipinski definition) is 3. The molecule has 0 fully saturated rings. The first-order valence-electron chi connectivity index (χ1n) is 11.4. The van der Waals surface area contributed by atoms with E-state index in [4.69, 9.17) is 20.1 Å². The number of carbonyl (C=O) groups excluding carboxylic acids is 1. The van der Waals surface area contributed by atoms with Crippen LogP contribution in [-0.4, -0.2) is 37.3 Å². The molecule has 4 heterocycles. The summed E-state index contributed by atoms with van der Waals surface area (Å²) < 4.78 is 12.8. The van der Waals surface area contributed by atoms with Crippen molar-refractivity contribution in [2.45, 2.75) is 19.9 Å². The monoisotopic (exact) mass is 482 g/mol. The fourth-order valence-corrected chi connectivity index (χ4v) is 4.36. The Morgan fingerprint density at radius 1 is 1.17 bits per heavy atom. The van der Waals surface area contributed by atoms with Gasteiger partial charge in [0.2, 0.25) is 11.8 Å². The molecule has 1 amide bonds. The van der Waals surface area contributed by atoms with Crippen LogP contribution in [0.15, 0.2) is 59.4 Å². The standard InChI is InChI=1S/C25H22N8O3/c1-14(34)29-17-3-2-4-19(10-17)35-22-11-21-20(13-28-22)30-25(23-24(26)32-36-31-23)33(21)18-6-5-15-7-8-27-12-16(15)9-18/h2-6,9-11,13,27H,7-8,12H2,1H3,(H2,26,32)(H,29,34). The van der Waals surface area contributed by atoms with E-state index in [-0.39, 0.29) is 11.7 Å². The van der Waals surface area contributed by atoms with Crippen molar-refractivity contribution in [3.05, 3.63) is 65.9 Å². The van der Waals surface area contributed by atoms with E-state index in [2.05, 4.69) is 44.1 Å². The highest BCUT2D eigenvalue weighted by Crippen LogP contribution is 2.33. The number of nitrogens with one attached hydrogen (secondary N) is 2. The lowest BCUT2D eigenvalue weighted by atomic mass is 10.0. The molecule has 180 valence electrons. The van der Waals surface area contributed by atoms with Crippen LogP contribution >= 0.6 is 0 Å². The SMILES string of the molecule is CC(=O)Nc1cccc(Oc2cc3c(cn2)nc(-c2nonc2N)n3-c2ccc3c(c2)CNCC3)c1. The molecule has 5 aromatic rings. The Kier molecular flexibility index (Phi) is 5.30. The number of ether oxygens (including phenoxy) is 1. The van der Waals surface area contributed by atoms with Gasteiger partial charge in [0.05, 0.1) is 11.7 Å². The van der Waals surface area contributed by atoms with E-state index in [1.807, 2.05) is 4.57 Å². The van der Waals surface area contributed by atoms with Gasteiger partial charge in [-0.2, -0.15) is 0 Å². The first-order valence-corrected chi connectivity index (χ1v) is 11.4. The van der Waals surface area contributed by atoms with Crippen molar-refractivity contribution in [1.29, 1.82) is 0 Å². The molecule has 6 rings (SSSR count). The van der Waals surface area contributed by atoms with Gasteiger partial charge in [-0.05, 0) is 58.7 Å². The molecule has 11 heteroatoms. The zero-order valence-corrected chi connectivity index (χ0v) is 19.4. The molecule has 1 aliphatic rings. The summed E-state index contributed by atoms with van der Waals surface area (Å²) in [6.07, 6.45) is 2.61. The van der Waals surface area contributed by atoms with E-state index >= 15 is 0 Å². The van der Waals surface area contributed by atoms with Crippen molar-refractivity contribution in [3.8, 4) is 28.8 Å². The molecule has 4 N–H and O–H groups in total. The lowest BCUT2D eigenvalue weighted by Crippen LogP contribution is -2.23. The Bertz CT molecular complexity index is 1610. The number of imidazole rings is 1. The highest BCUT2D eigenvalue weighted by atomic mass is 16.6. The number of pyridine rings is 1. The lowest BCUT2D eigenvalue weighted by Gasteiger charge is -2.19. The Morgan fingerprint density at radius 2 is 2.08 bits per heavy atom. The van der Waals surface area contributed by atoms with Crippen molar-refractivity contribution in [1.82, 2.24) is 30.2 Å². The van der Waals surface area contributed by atoms with Gasteiger partial charge in [-0.3, -0.25) is 9.36 Å². The van der Waals surface area contributed by atoms with Gasteiger partial charge in [-0.1, -0.05) is 12.1 Å². The normalized spacial score (nSPS) is 12.9. The number of nitrogen functional groups attached to an aromatic ring is 1. The fraction of sp³-hybridized carbons (Fsp3) is 0.160. The summed E-state index contributed by atoms with van der Waals surface area (Å²) in [5.41, 5.74) is 11.8. The highest BCUT2D eigenvalue weighted by Gasteiger charge is 2.22. The van der Waals surface area contributed by atoms with Gasteiger partial charge in [0.25, 0.3) is 0 Å². The summed E-state index contributed by atoms with van der Waals surface area (Å²) in [6, 6.07) is 15.2. The largest absolute Gasteiger partial charge is 0.439 e. The Hall–Kier alpha value is -4.77. The second kappa shape index (κ2) is 8.78. The van der Waals surface area contributed by atoms with Gasteiger partial charge in [-0.25, -0.2) is 14.6 Å². The van der Waals surface area contributed by atoms with Gasteiger partial charge >= 0.3 is 0 Å². The van der Waals surface area contributed by atoms with Crippen LogP contribution in [0.1, 0.15) is 18.1 Å². The second-order valence-corrected chi connectivity index (χ2v) is 8.47. The Labute approximate surface area is 205 Å². The van der Waals surface area contributed by atoms with Crippen molar-refractivity contribution in [2.24, 2.45) is 0 Å². The molecule has 2 aromatic carbocycles. The Morgan fingerprint density at radius 3 is 2.92 bits per heavy atom. The third kappa shape index (κ3) is 4.01. The fourth-order valence-electron chi connectivity index (χ4n) is 4.36. The number of hydrogen-bond acceptors (Lipinski definition) is 9. The molecule has 1 aliphatic heterocycles. The summed E-state index contributed by atoms with van der Waals surface area (Å²) in [6.45, 7) is 3.21.